The van der Waals surface area contributed by atoms with Crippen molar-refractivity contribution >= 4 is 11.4 Å². The lowest BCUT2D eigenvalue weighted by atomic mass is 10.2. The molecule has 1 saturated heterocycles. The quantitative estimate of drug-likeness (QED) is 0.836. The number of nitrogens with zero attached hydrogens (tertiary/aromatic N) is 2. The number of nitrogens with two attached hydrogens (primary N) is 1. The van der Waals surface area contributed by atoms with Gasteiger partial charge in [0.15, 0.2) is 0 Å². The molecule has 0 spiro atoms. The Morgan fingerprint density at radius 1 is 0.800 bits per heavy atom. The van der Waals surface area contributed by atoms with E-state index in [0.717, 1.165) is 38.3 Å². The zero-order chi connectivity index (χ0) is 13.8. The Morgan fingerprint density at radius 3 is 2.25 bits per heavy atom. The van der Waals surface area contributed by atoms with Gasteiger partial charge in [-0.15, -0.1) is 0 Å². The summed E-state index contributed by atoms with van der Waals surface area (Å²) in [6, 6.07) is 8.18. The van der Waals surface area contributed by atoms with Crippen LogP contribution in [0.5, 0.6) is 0 Å². The van der Waals surface area contributed by atoms with Crippen LogP contribution in [0.15, 0.2) is 60.3 Å². The van der Waals surface area contributed by atoms with E-state index < -0.39 is 0 Å². The summed E-state index contributed by atoms with van der Waals surface area (Å²) in [5.41, 5.74) is 9.27. The molecule has 0 unspecified atom stereocenters. The number of hydrogen-bond donors (Lipinski definition) is 1. The molecule has 1 aliphatic carbocycles. The van der Waals surface area contributed by atoms with Crippen LogP contribution in [0.2, 0.25) is 0 Å². The second-order valence-corrected chi connectivity index (χ2v) is 5.24. The second-order valence-electron chi connectivity index (χ2n) is 5.24. The Hall–Kier alpha value is -2.16. The van der Waals surface area contributed by atoms with Crippen LogP contribution < -0.4 is 10.6 Å². The van der Waals surface area contributed by atoms with E-state index in [1.165, 1.54) is 11.4 Å². The van der Waals surface area contributed by atoms with Crippen molar-refractivity contribution in [2.45, 2.75) is 6.42 Å². The van der Waals surface area contributed by atoms with Crippen LogP contribution in [0.4, 0.5) is 11.4 Å². The predicted molar refractivity (Wildman–Crippen MR) is 85.6 cm³/mol. The van der Waals surface area contributed by atoms with Crippen LogP contribution in [0.25, 0.3) is 0 Å². The lowest BCUT2D eigenvalue weighted by Crippen LogP contribution is -2.45. The van der Waals surface area contributed by atoms with Crippen molar-refractivity contribution in [3.8, 4) is 0 Å². The largest absolute Gasteiger partial charge is 0.399 e. The fourth-order valence-electron chi connectivity index (χ4n) is 2.74. The molecule has 0 bridgehead atoms. The lowest BCUT2D eigenvalue weighted by molar-refractivity contribution is 0.316. The van der Waals surface area contributed by atoms with E-state index in [-0.39, 0.29) is 0 Å². The van der Waals surface area contributed by atoms with Gasteiger partial charge in [-0.2, -0.15) is 0 Å². The summed E-state index contributed by atoms with van der Waals surface area (Å²) in [4.78, 5) is 4.92. The molecular weight excluding hydrogens is 246 g/mol. The maximum Gasteiger partial charge on any atom is 0.0368 e. The molecule has 0 aromatic heterocycles. The molecule has 0 atom stereocenters. The third-order valence-electron chi connectivity index (χ3n) is 3.92. The van der Waals surface area contributed by atoms with Crippen molar-refractivity contribution in [3.63, 3.8) is 0 Å². The number of nitrogen functional groups attached to an aromatic ring is 1. The summed E-state index contributed by atoms with van der Waals surface area (Å²) in [5, 5.41) is 0. The topological polar surface area (TPSA) is 32.5 Å². The second kappa shape index (κ2) is 5.87. The standard InChI is InChI=1S/C17H21N3/c18-15-7-9-17(10-8-15)20-13-11-19(12-14-20)16-5-3-1-2-4-6-16/h1-5,7-10H,6,11-14,18H2. The van der Waals surface area contributed by atoms with Gasteiger partial charge in [0.2, 0.25) is 0 Å². The first-order valence-corrected chi connectivity index (χ1v) is 7.21. The summed E-state index contributed by atoms with van der Waals surface area (Å²) in [7, 11) is 0. The average Bonchev–Trinajstić information content (AvgIpc) is 2.77. The molecule has 3 heteroatoms. The molecule has 1 aromatic rings. The van der Waals surface area contributed by atoms with Gasteiger partial charge in [-0.05, 0) is 30.3 Å². The van der Waals surface area contributed by atoms with Gasteiger partial charge in [0.25, 0.3) is 0 Å². The van der Waals surface area contributed by atoms with Gasteiger partial charge in [-0.25, -0.2) is 0 Å². The maximum absolute atomic E-state index is 5.74. The highest BCUT2D eigenvalue weighted by molar-refractivity contribution is 5.53. The van der Waals surface area contributed by atoms with E-state index in [2.05, 4.69) is 52.3 Å². The number of allylic oxidation sites excluding steroid dienone is 5. The van der Waals surface area contributed by atoms with Crippen molar-refractivity contribution in [2.75, 3.05) is 36.8 Å². The minimum Gasteiger partial charge on any atom is -0.399 e. The monoisotopic (exact) mass is 267 g/mol. The first-order chi connectivity index (χ1) is 9.83. The van der Waals surface area contributed by atoms with Crippen LogP contribution in [-0.2, 0) is 0 Å². The van der Waals surface area contributed by atoms with Crippen molar-refractivity contribution in [2.24, 2.45) is 0 Å². The normalized spacial score (nSPS) is 18.9. The van der Waals surface area contributed by atoms with Gasteiger partial charge in [0.1, 0.15) is 0 Å². The molecule has 1 aliphatic heterocycles. The Bertz CT molecular complexity index is 532. The van der Waals surface area contributed by atoms with Gasteiger partial charge in [-0.3, -0.25) is 0 Å². The number of benzene rings is 1. The zero-order valence-electron chi connectivity index (χ0n) is 11.7. The van der Waals surface area contributed by atoms with Crippen LogP contribution in [0, 0.1) is 0 Å². The third kappa shape index (κ3) is 2.87. The van der Waals surface area contributed by atoms with E-state index in [0.29, 0.717) is 0 Å². The van der Waals surface area contributed by atoms with Crippen LogP contribution >= 0.6 is 0 Å². The Balaban J connectivity index is 1.62. The van der Waals surface area contributed by atoms with Gasteiger partial charge in [0.05, 0.1) is 0 Å². The third-order valence-corrected chi connectivity index (χ3v) is 3.92. The van der Waals surface area contributed by atoms with Gasteiger partial charge >= 0.3 is 0 Å². The van der Waals surface area contributed by atoms with Crippen molar-refractivity contribution in [1.29, 1.82) is 0 Å². The minimum atomic E-state index is 0.828. The van der Waals surface area contributed by atoms with Gasteiger partial charge in [0, 0.05) is 49.7 Å². The highest BCUT2D eigenvalue weighted by atomic mass is 15.3. The number of piperazine rings is 1. The first kappa shape index (κ1) is 12.9. The van der Waals surface area contributed by atoms with Gasteiger partial charge in [-0.1, -0.05) is 24.3 Å². The van der Waals surface area contributed by atoms with Crippen LogP contribution in [0.3, 0.4) is 0 Å². The van der Waals surface area contributed by atoms with Gasteiger partial charge < -0.3 is 15.5 Å². The summed E-state index contributed by atoms with van der Waals surface area (Å²) < 4.78 is 0. The smallest absolute Gasteiger partial charge is 0.0368 e. The van der Waals surface area contributed by atoms with E-state index >= 15 is 0 Å². The molecule has 1 aromatic carbocycles. The summed E-state index contributed by atoms with van der Waals surface area (Å²) in [6.07, 6.45) is 11.8. The lowest BCUT2D eigenvalue weighted by Gasteiger charge is -2.38. The Labute approximate surface area is 120 Å². The number of rotatable bonds is 2. The Kier molecular flexibility index (Phi) is 3.77. The summed E-state index contributed by atoms with van der Waals surface area (Å²) >= 11 is 0. The Morgan fingerprint density at radius 2 is 1.50 bits per heavy atom. The fraction of sp³-hybridized carbons (Fsp3) is 0.294. The van der Waals surface area contributed by atoms with Crippen LogP contribution in [-0.4, -0.2) is 31.1 Å². The van der Waals surface area contributed by atoms with E-state index in [1.807, 2.05) is 12.1 Å². The fourth-order valence-corrected chi connectivity index (χ4v) is 2.74. The highest BCUT2D eigenvalue weighted by Crippen LogP contribution is 2.21. The molecule has 0 radical (unpaired) electrons. The van der Waals surface area contributed by atoms with Crippen molar-refractivity contribution in [3.05, 3.63) is 60.3 Å². The van der Waals surface area contributed by atoms with E-state index in [1.54, 1.807) is 0 Å². The summed E-state index contributed by atoms with van der Waals surface area (Å²) in [6.45, 7) is 4.29. The molecule has 104 valence electrons. The zero-order valence-corrected chi connectivity index (χ0v) is 11.7. The van der Waals surface area contributed by atoms with E-state index in [9.17, 15) is 0 Å². The molecule has 2 N–H and O–H groups in total. The predicted octanol–water partition coefficient (Wildman–Crippen LogP) is 2.79. The molecule has 3 rings (SSSR count). The van der Waals surface area contributed by atoms with Crippen LogP contribution in [0.1, 0.15) is 6.42 Å². The number of anilines is 2. The first-order valence-electron chi connectivity index (χ1n) is 7.21. The van der Waals surface area contributed by atoms with Crippen molar-refractivity contribution < 1.29 is 0 Å². The average molecular weight is 267 g/mol. The molecule has 3 nitrogen and oxygen atoms in total. The van der Waals surface area contributed by atoms with Crippen molar-refractivity contribution in [1.82, 2.24) is 4.90 Å². The van der Waals surface area contributed by atoms with E-state index in [4.69, 9.17) is 5.73 Å². The number of hydrogen-bond acceptors (Lipinski definition) is 3. The molecule has 0 saturated carbocycles. The minimum absolute atomic E-state index is 0.828. The maximum atomic E-state index is 5.74. The SMILES string of the molecule is Nc1ccc(N2CCN(C3=CC=CC=CC3)CC2)cc1. The molecule has 1 heterocycles. The molecule has 20 heavy (non-hydrogen) atoms. The molecule has 0 amide bonds. The molecular formula is C17H21N3. The highest BCUT2D eigenvalue weighted by Gasteiger charge is 2.18. The summed E-state index contributed by atoms with van der Waals surface area (Å²) in [5.74, 6) is 0. The molecule has 1 fully saturated rings. The molecule has 2 aliphatic rings.